The molecule has 0 saturated heterocycles. The molecule has 0 spiro atoms. The van der Waals surface area contributed by atoms with Crippen molar-refractivity contribution < 1.29 is 19.7 Å². The number of rotatable bonds is 18. The molecule has 0 radical (unpaired) electrons. The minimum Gasteiger partial charge on any atom is -0.463 e. The predicted molar refractivity (Wildman–Crippen MR) is 129 cm³/mol. The van der Waals surface area contributed by atoms with Crippen LogP contribution in [0.4, 0.5) is 0 Å². The Morgan fingerprint density at radius 3 is 2.16 bits per heavy atom. The van der Waals surface area contributed by atoms with E-state index < -0.39 is 0 Å². The van der Waals surface area contributed by atoms with E-state index in [-0.39, 0.29) is 36.1 Å². The zero-order valence-corrected chi connectivity index (χ0v) is 20.6. The SMILES string of the molecule is CCCCCCCCCC[C@H]1C(O)CC(O)C1C/C=C\CCCCCC(=O)OC(C)C. The van der Waals surface area contributed by atoms with E-state index in [0.29, 0.717) is 12.8 Å². The summed E-state index contributed by atoms with van der Waals surface area (Å²) in [5, 5.41) is 20.8. The third-order valence-corrected chi connectivity index (χ3v) is 6.61. The average Bonchev–Trinajstić information content (AvgIpc) is 2.98. The van der Waals surface area contributed by atoms with Crippen LogP contribution in [0.2, 0.25) is 0 Å². The van der Waals surface area contributed by atoms with Crippen LogP contribution in [0.1, 0.15) is 124 Å². The van der Waals surface area contributed by atoms with Crippen molar-refractivity contribution in [3.63, 3.8) is 0 Å². The second-order valence-electron chi connectivity index (χ2n) is 9.81. The van der Waals surface area contributed by atoms with E-state index in [9.17, 15) is 15.0 Å². The van der Waals surface area contributed by atoms with Crippen LogP contribution in [0.3, 0.4) is 0 Å². The third kappa shape index (κ3) is 13.3. The Morgan fingerprint density at radius 2 is 1.48 bits per heavy atom. The van der Waals surface area contributed by atoms with Crippen molar-refractivity contribution in [3.05, 3.63) is 12.2 Å². The van der Waals surface area contributed by atoms with Crippen LogP contribution in [0.15, 0.2) is 12.2 Å². The molecule has 182 valence electrons. The Balaban J connectivity index is 2.16. The first kappa shape index (κ1) is 28.2. The van der Waals surface area contributed by atoms with Gasteiger partial charge in [0.15, 0.2) is 0 Å². The molecule has 0 aliphatic heterocycles. The summed E-state index contributed by atoms with van der Waals surface area (Å²) in [4.78, 5) is 11.5. The Labute approximate surface area is 191 Å². The van der Waals surface area contributed by atoms with Gasteiger partial charge in [0.2, 0.25) is 0 Å². The first-order valence-electron chi connectivity index (χ1n) is 13.2. The van der Waals surface area contributed by atoms with E-state index >= 15 is 0 Å². The molecule has 4 heteroatoms. The van der Waals surface area contributed by atoms with Gasteiger partial charge in [-0.2, -0.15) is 0 Å². The lowest BCUT2D eigenvalue weighted by molar-refractivity contribution is -0.147. The fourth-order valence-electron chi connectivity index (χ4n) is 4.82. The molecular weight excluding hydrogens is 388 g/mol. The maximum atomic E-state index is 11.5. The summed E-state index contributed by atoms with van der Waals surface area (Å²) in [7, 11) is 0. The van der Waals surface area contributed by atoms with Crippen molar-refractivity contribution in [3.8, 4) is 0 Å². The molecule has 0 heterocycles. The van der Waals surface area contributed by atoms with Gasteiger partial charge >= 0.3 is 5.97 Å². The highest BCUT2D eigenvalue weighted by Crippen LogP contribution is 2.38. The highest BCUT2D eigenvalue weighted by atomic mass is 16.5. The second-order valence-corrected chi connectivity index (χ2v) is 9.81. The third-order valence-electron chi connectivity index (χ3n) is 6.61. The second kappa shape index (κ2) is 17.7. The molecule has 4 nitrogen and oxygen atoms in total. The number of allylic oxidation sites excluding steroid dienone is 2. The van der Waals surface area contributed by atoms with E-state index in [2.05, 4.69) is 19.1 Å². The van der Waals surface area contributed by atoms with Crippen LogP contribution in [0.25, 0.3) is 0 Å². The maximum absolute atomic E-state index is 11.5. The number of esters is 1. The van der Waals surface area contributed by atoms with E-state index in [4.69, 9.17) is 4.74 Å². The van der Waals surface area contributed by atoms with Crippen molar-refractivity contribution in [1.82, 2.24) is 0 Å². The Kier molecular flexibility index (Phi) is 16.0. The normalized spacial score (nSPS) is 23.8. The van der Waals surface area contributed by atoms with E-state index in [0.717, 1.165) is 38.5 Å². The zero-order valence-electron chi connectivity index (χ0n) is 20.6. The average molecular weight is 439 g/mol. The number of ether oxygens (including phenoxy) is 1. The minimum atomic E-state index is -0.370. The Hall–Kier alpha value is -0.870. The first-order chi connectivity index (χ1) is 15.0. The summed E-state index contributed by atoms with van der Waals surface area (Å²) < 4.78 is 5.15. The van der Waals surface area contributed by atoms with Crippen molar-refractivity contribution in [2.24, 2.45) is 11.8 Å². The molecule has 0 aromatic rings. The molecule has 1 saturated carbocycles. The summed E-state index contributed by atoms with van der Waals surface area (Å²) in [6, 6.07) is 0. The van der Waals surface area contributed by atoms with Gasteiger partial charge in [-0.3, -0.25) is 4.79 Å². The quantitative estimate of drug-likeness (QED) is 0.141. The lowest BCUT2D eigenvalue weighted by Gasteiger charge is -2.22. The first-order valence-corrected chi connectivity index (χ1v) is 13.2. The van der Waals surface area contributed by atoms with Crippen LogP contribution in [-0.2, 0) is 9.53 Å². The molecule has 1 fully saturated rings. The summed E-state index contributed by atoms with van der Waals surface area (Å²) in [6.45, 7) is 6.01. The van der Waals surface area contributed by atoms with Gasteiger partial charge in [0.05, 0.1) is 18.3 Å². The monoisotopic (exact) mass is 438 g/mol. The lowest BCUT2D eigenvalue weighted by atomic mass is 9.86. The molecule has 31 heavy (non-hydrogen) atoms. The minimum absolute atomic E-state index is 0.0285. The molecule has 0 bridgehead atoms. The maximum Gasteiger partial charge on any atom is 0.306 e. The van der Waals surface area contributed by atoms with Gasteiger partial charge in [-0.05, 0) is 64.2 Å². The molecule has 0 amide bonds. The molecular formula is C27H50O4. The van der Waals surface area contributed by atoms with Gasteiger partial charge < -0.3 is 14.9 Å². The van der Waals surface area contributed by atoms with Crippen molar-refractivity contribution in [2.75, 3.05) is 0 Å². The van der Waals surface area contributed by atoms with E-state index in [1.807, 2.05) is 13.8 Å². The molecule has 0 aromatic carbocycles. The zero-order chi connectivity index (χ0) is 22.9. The van der Waals surface area contributed by atoms with Gasteiger partial charge in [-0.25, -0.2) is 0 Å². The Bertz CT molecular complexity index is 474. The van der Waals surface area contributed by atoms with Crippen molar-refractivity contribution >= 4 is 5.97 Å². The van der Waals surface area contributed by atoms with Crippen LogP contribution in [0, 0.1) is 11.8 Å². The van der Waals surface area contributed by atoms with Gasteiger partial charge in [-0.15, -0.1) is 0 Å². The van der Waals surface area contributed by atoms with E-state index in [1.54, 1.807) is 0 Å². The Morgan fingerprint density at radius 1 is 0.871 bits per heavy atom. The summed E-state index contributed by atoms with van der Waals surface area (Å²) in [5.74, 6) is 0.343. The molecule has 1 rings (SSSR count). The van der Waals surface area contributed by atoms with Gasteiger partial charge in [0, 0.05) is 6.42 Å². The fourth-order valence-corrected chi connectivity index (χ4v) is 4.82. The van der Waals surface area contributed by atoms with Gasteiger partial charge in [-0.1, -0.05) is 76.9 Å². The number of hydrogen-bond donors (Lipinski definition) is 2. The van der Waals surface area contributed by atoms with Gasteiger partial charge in [0.25, 0.3) is 0 Å². The molecule has 2 N–H and O–H groups in total. The summed E-state index contributed by atoms with van der Waals surface area (Å²) in [6.07, 6.45) is 21.0. The predicted octanol–water partition coefficient (Wildman–Crippen LogP) is 6.72. The highest BCUT2D eigenvalue weighted by molar-refractivity contribution is 5.69. The largest absolute Gasteiger partial charge is 0.463 e. The molecule has 4 atom stereocenters. The van der Waals surface area contributed by atoms with E-state index in [1.165, 1.54) is 51.4 Å². The van der Waals surface area contributed by atoms with Gasteiger partial charge in [0.1, 0.15) is 0 Å². The number of carbonyl (C=O) groups excluding carboxylic acids is 1. The van der Waals surface area contributed by atoms with Crippen molar-refractivity contribution in [1.29, 1.82) is 0 Å². The van der Waals surface area contributed by atoms with Crippen LogP contribution >= 0.6 is 0 Å². The number of hydrogen-bond acceptors (Lipinski definition) is 4. The summed E-state index contributed by atoms with van der Waals surface area (Å²) in [5.41, 5.74) is 0. The highest BCUT2D eigenvalue weighted by Gasteiger charge is 2.40. The van der Waals surface area contributed by atoms with Crippen LogP contribution in [0.5, 0.6) is 0 Å². The number of aliphatic hydroxyl groups excluding tert-OH is 2. The number of aliphatic hydroxyl groups is 2. The molecule has 0 aromatic heterocycles. The number of unbranched alkanes of at least 4 members (excludes halogenated alkanes) is 10. The molecule has 1 aliphatic carbocycles. The molecule has 3 unspecified atom stereocenters. The molecule has 1 aliphatic rings. The topological polar surface area (TPSA) is 66.8 Å². The number of carbonyl (C=O) groups is 1. The summed E-state index contributed by atoms with van der Waals surface area (Å²) >= 11 is 0. The fraction of sp³-hybridized carbons (Fsp3) is 0.889. The van der Waals surface area contributed by atoms with Crippen LogP contribution < -0.4 is 0 Å². The lowest BCUT2D eigenvalue weighted by Crippen LogP contribution is -2.21. The van der Waals surface area contributed by atoms with Crippen molar-refractivity contribution in [2.45, 2.75) is 142 Å². The van der Waals surface area contributed by atoms with Crippen LogP contribution in [-0.4, -0.2) is 34.5 Å². The standard InChI is InChI=1S/C27H50O4/c1-4-5-6-7-8-9-12-15-18-23-24(26(29)21-25(23)28)19-16-13-10-11-14-17-20-27(30)31-22(2)3/h13,16,22-26,28-29H,4-12,14-15,17-21H2,1-3H3/b16-13-/t23-,24?,25?,26?/m1/s1. The smallest absolute Gasteiger partial charge is 0.306 e.